The van der Waals surface area contributed by atoms with E-state index in [9.17, 15) is 4.39 Å². The molecule has 2 aromatic heterocycles. The molecule has 1 aromatic carbocycles. The predicted molar refractivity (Wildman–Crippen MR) is 85.8 cm³/mol. The second kappa shape index (κ2) is 7.26. The molecule has 0 atom stereocenters. The molecule has 9 heteroatoms. The van der Waals surface area contributed by atoms with Gasteiger partial charge in [-0.25, -0.2) is 14.4 Å². The van der Waals surface area contributed by atoms with Gasteiger partial charge in [-0.2, -0.15) is 4.98 Å². The molecule has 0 aliphatic rings. The van der Waals surface area contributed by atoms with Crippen molar-refractivity contribution in [1.82, 2.24) is 20.1 Å². The summed E-state index contributed by atoms with van der Waals surface area (Å²) in [6.07, 6.45) is 0. The first-order valence-electron chi connectivity index (χ1n) is 7.02. The summed E-state index contributed by atoms with van der Waals surface area (Å²) in [5.74, 6) is 1.89. The van der Waals surface area contributed by atoms with Gasteiger partial charge in [0.2, 0.25) is 11.7 Å². The highest BCUT2D eigenvalue weighted by atomic mass is 32.2. The second-order valence-electron chi connectivity index (χ2n) is 4.85. The lowest BCUT2D eigenvalue weighted by atomic mass is 10.3. The number of hydrogen-bond donors (Lipinski definition) is 1. The third kappa shape index (κ3) is 4.42. The highest BCUT2D eigenvalue weighted by Gasteiger charge is 2.09. The Bertz CT molecular complexity index is 805. The van der Waals surface area contributed by atoms with Crippen LogP contribution in [0.4, 0.5) is 10.2 Å². The number of nitrogens with two attached hydrogens (primary N) is 1. The molecule has 124 valence electrons. The minimum atomic E-state index is -0.319. The fourth-order valence-electron chi connectivity index (χ4n) is 1.84. The largest absolute Gasteiger partial charge is 0.485 e. The summed E-state index contributed by atoms with van der Waals surface area (Å²) in [7, 11) is 0. The lowest BCUT2D eigenvalue weighted by Crippen LogP contribution is -1.98. The van der Waals surface area contributed by atoms with Crippen molar-refractivity contribution >= 4 is 17.6 Å². The molecule has 0 fully saturated rings. The number of anilines is 1. The number of halogens is 1. The van der Waals surface area contributed by atoms with Crippen LogP contribution < -0.4 is 10.5 Å². The van der Waals surface area contributed by atoms with Gasteiger partial charge >= 0.3 is 0 Å². The minimum Gasteiger partial charge on any atom is -0.485 e. The number of nitrogen functional groups attached to an aromatic ring is 1. The van der Waals surface area contributed by atoms with E-state index in [2.05, 4.69) is 20.1 Å². The SMILES string of the molecule is Cc1cc(N)nc(SCc2nc(COc3ccc(F)cc3)no2)n1. The molecular weight excluding hydrogens is 333 g/mol. The van der Waals surface area contributed by atoms with Crippen LogP contribution in [0.5, 0.6) is 5.75 Å². The van der Waals surface area contributed by atoms with Crippen LogP contribution in [0.2, 0.25) is 0 Å². The molecule has 0 spiro atoms. The molecule has 0 unspecified atom stereocenters. The van der Waals surface area contributed by atoms with Gasteiger partial charge in [-0.3, -0.25) is 0 Å². The first kappa shape index (κ1) is 16.2. The molecule has 3 rings (SSSR count). The summed E-state index contributed by atoms with van der Waals surface area (Å²) in [5, 5.41) is 4.38. The summed E-state index contributed by atoms with van der Waals surface area (Å²) >= 11 is 1.35. The van der Waals surface area contributed by atoms with Crippen LogP contribution in [-0.2, 0) is 12.4 Å². The third-order valence-electron chi connectivity index (χ3n) is 2.87. The van der Waals surface area contributed by atoms with Crippen LogP contribution >= 0.6 is 11.8 Å². The number of rotatable bonds is 6. The molecule has 2 heterocycles. The molecule has 0 bridgehead atoms. The maximum absolute atomic E-state index is 12.8. The van der Waals surface area contributed by atoms with Crippen molar-refractivity contribution in [2.45, 2.75) is 24.4 Å². The Labute approximate surface area is 141 Å². The first-order valence-corrected chi connectivity index (χ1v) is 8.01. The maximum Gasteiger partial charge on any atom is 0.237 e. The van der Waals surface area contributed by atoms with Gasteiger partial charge in [-0.15, -0.1) is 0 Å². The molecule has 7 nitrogen and oxygen atoms in total. The summed E-state index contributed by atoms with van der Waals surface area (Å²) in [6.45, 7) is 1.98. The average molecular weight is 347 g/mol. The van der Waals surface area contributed by atoms with E-state index in [4.69, 9.17) is 15.0 Å². The lowest BCUT2D eigenvalue weighted by Gasteiger charge is -2.02. The number of thioether (sulfide) groups is 1. The van der Waals surface area contributed by atoms with Gasteiger partial charge in [-0.05, 0) is 31.2 Å². The highest BCUT2D eigenvalue weighted by molar-refractivity contribution is 7.98. The van der Waals surface area contributed by atoms with Crippen molar-refractivity contribution < 1.29 is 13.7 Å². The molecular formula is C15H14FN5O2S. The summed E-state index contributed by atoms with van der Waals surface area (Å²) in [4.78, 5) is 12.6. The monoisotopic (exact) mass is 347 g/mol. The fraction of sp³-hybridized carbons (Fsp3) is 0.200. The minimum absolute atomic E-state index is 0.133. The topological polar surface area (TPSA) is 100.0 Å². The Morgan fingerprint density at radius 1 is 1.21 bits per heavy atom. The molecule has 0 saturated carbocycles. The average Bonchev–Trinajstić information content (AvgIpc) is 2.99. The van der Waals surface area contributed by atoms with E-state index in [-0.39, 0.29) is 12.4 Å². The summed E-state index contributed by atoms with van der Waals surface area (Å²) in [5.41, 5.74) is 6.48. The quantitative estimate of drug-likeness (QED) is 0.537. The lowest BCUT2D eigenvalue weighted by molar-refractivity contribution is 0.285. The number of hydrogen-bond acceptors (Lipinski definition) is 8. The number of aryl methyl sites for hydroxylation is 1. The van der Waals surface area contributed by atoms with Gasteiger partial charge in [0.25, 0.3) is 0 Å². The van der Waals surface area contributed by atoms with E-state index in [0.717, 1.165) is 5.69 Å². The molecule has 0 radical (unpaired) electrons. The molecule has 0 saturated heterocycles. The number of ether oxygens (including phenoxy) is 1. The Kier molecular flexibility index (Phi) is 4.90. The Balaban J connectivity index is 1.54. The van der Waals surface area contributed by atoms with Crippen LogP contribution in [0.15, 0.2) is 40.0 Å². The van der Waals surface area contributed by atoms with Crippen LogP contribution in [0, 0.1) is 12.7 Å². The maximum atomic E-state index is 12.8. The number of benzene rings is 1. The zero-order valence-electron chi connectivity index (χ0n) is 12.8. The van der Waals surface area contributed by atoms with Gasteiger partial charge in [0.1, 0.15) is 17.4 Å². The van der Waals surface area contributed by atoms with Crippen LogP contribution in [-0.4, -0.2) is 20.1 Å². The van der Waals surface area contributed by atoms with Crippen LogP contribution in [0.25, 0.3) is 0 Å². The van der Waals surface area contributed by atoms with Gasteiger partial charge < -0.3 is 15.0 Å². The van der Waals surface area contributed by atoms with E-state index >= 15 is 0 Å². The predicted octanol–water partition coefficient (Wildman–Crippen LogP) is 2.76. The van der Waals surface area contributed by atoms with Crippen molar-refractivity contribution in [3.8, 4) is 5.75 Å². The van der Waals surface area contributed by atoms with Gasteiger partial charge in [0, 0.05) is 11.8 Å². The van der Waals surface area contributed by atoms with E-state index in [1.807, 2.05) is 6.92 Å². The fourth-order valence-corrected chi connectivity index (χ4v) is 2.59. The second-order valence-corrected chi connectivity index (χ2v) is 5.79. The third-order valence-corrected chi connectivity index (χ3v) is 3.70. The Morgan fingerprint density at radius 3 is 2.75 bits per heavy atom. The Morgan fingerprint density at radius 2 is 2.00 bits per heavy atom. The van der Waals surface area contributed by atoms with Gasteiger partial charge in [-0.1, -0.05) is 16.9 Å². The normalized spacial score (nSPS) is 10.8. The standard InChI is InChI=1S/C15H14FN5O2S/c1-9-6-12(17)19-15(18-9)24-8-14-20-13(21-23-14)7-22-11-4-2-10(16)3-5-11/h2-6H,7-8H2,1H3,(H2,17,18,19). The zero-order chi connectivity index (χ0) is 16.9. The van der Waals surface area contributed by atoms with Crippen molar-refractivity contribution in [2.24, 2.45) is 0 Å². The molecule has 2 N–H and O–H groups in total. The van der Waals surface area contributed by atoms with Crippen molar-refractivity contribution in [2.75, 3.05) is 5.73 Å². The number of nitrogens with zero attached hydrogens (tertiary/aromatic N) is 4. The van der Waals surface area contributed by atoms with Crippen molar-refractivity contribution in [3.63, 3.8) is 0 Å². The smallest absolute Gasteiger partial charge is 0.237 e. The molecule has 0 amide bonds. The Hall–Kier alpha value is -2.68. The summed E-state index contributed by atoms with van der Waals surface area (Å²) < 4.78 is 23.4. The van der Waals surface area contributed by atoms with E-state index in [0.29, 0.717) is 34.2 Å². The molecule has 24 heavy (non-hydrogen) atoms. The zero-order valence-corrected chi connectivity index (χ0v) is 13.6. The summed E-state index contributed by atoms with van der Waals surface area (Å²) in [6, 6.07) is 7.40. The molecule has 0 aliphatic heterocycles. The number of aromatic nitrogens is 4. The van der Waals surface area contributed by atoms with Crippen LogP contribution in [0.1, 0.15) is 17.4 Å². The van der Waals surface area contributed by atoms with E-state index in [1.165, 1.54) is 36.0 Å². The van der Waals surface area contributed by atoms with Gasteiger partial charge in [0.15, 0.2) is 11.8 Å². The first-order chi connectivity index (χ1) is 11.6. The van der Waals surface area contributed by atoms with Crippen molar-refractivity contribution in [1.29, 1.82) is 0 Å². The van der Waals surface area contributed by atoms with E-state index < -0.39 is 0 Å². The van der Waals surface area contributed by atoms with Crippen LogP contribution in [0.3, 0.4) is 0 Å². The van der Waals surface area contributed by atoms with E-state index in [1.54, 1.807) is 6.07 Å². The van der Waals surface area contributed by atoms with Gasteiger partial charge in [0.05, 0.1) is 5.75 Å². The highest BCUT2D eigenvalue weighted by Crippen LogP contribution is 2.20. The molecule has 0 aliphatic carbocycles. The van der Waals surface area contributed by atoms with Crippen molar-refractivity contribution in [3.05, 3.63) is 53.6 Å². The molecule has 3 aromatic rings.